The van der Waals surface area contributed by atoms with E-state index in [4.69, 9.17) is 0 Å². The number of anilines is 1. The van der Waals surface area contributed by atoms with Gasteiger partial charge in [0.1, 0.15) is 5.75 Å². The average Bonchev–Trinajstić information content (AvgIpc) is 2.41. The van der Waals surface area contributed by atoms with Gasteiger partial charge in [0.2, 0.25) is 0 Å². The van der Waals surface area contributed by atoms with Gasteiger partial charge in [-0.3, -0.25) is 4.79 Å². The summed E-state index contributed by atoms with van der Waals surface area (Å²) in [5, 5.41) is 9.90. The molecular formula is C13H17NO5S. The molecule has 0 bridgehead atoms. The number of sulfone groups is 1. The van der Waals surface area contributed by atoms with E-state index in [1.165, 1.54) is 13.2 Å². The number of rotatable bonds is 3. The first-order valence-corrected chi connectivity index (χ1v) is 8.07. The lowest BCUT2D eigenvalue weighted by molar-refractivity contribution is -0.139. The number of phenols is 1. The average molecular weight is 299 g/mol. The third-order valence-electron chi connectivity index (χ3n) is 3.30. The molecule has 0 spiro atoms. The number of nitrogens with zero attached hydrogens (tertiary/aromatic N) is 1. The monoisotopic (exact) mass is 299 g/mol. The summed E-state index contributed by atoms with van der Waals surface area (Å²) in [6.45, 7) is 0.690. The minimum Gasteiger partial charge on any atom is -0.506 e. The Morgan fingerprint density at radius 2 is 2.00 bits per heavy atom. The molecule has 20 heavy (non-hydrogen) atoms. The molecule has 7 heteroatoms. The second-order valence-corrected chi connectivity index (χ2v) is 7.02. The van der Waals surface area contributed by atoms with Crippen LogP contribution in [0.1, 0.15) is 5.56 Å². The second-order valence-electron chi connectivity index (χ2n) is 4.71. The van der Waals surface area contributed by atoms with Gasteiger partial charge in [-0.05, 0) is 17.7 Å². The van der Waals surface area contributed by atoms with Gasteiger partial charge in [-0.25, -0.2) is 8.42 Å². The smallest absolute Gasteiger partial charge is 0.309 e. The second kappa shape index (κ2) is 5.70. The van der Waals surface area contributed by atoms with Crippen LogP contribution < -0.4 is 4.90 Å². The Morgan fingerprint density at radius 3 is 2.60 bits per heavy atom. The van der Waals surface area contributed by atoms with Crippen LogP contribution in [-0.4, -0.2) is 51.2 Å². The normalized spacial score (nSPS) is 17.8. The van der Waals surface area contributed by atoms with E-state index in [-0.39, 0.29) is 29.6 Å². The summed E-state index contributed by atoms with van der Waals surface area (Å²) in [5.74, 6) is -0.123. The molecule has 6 nitrogen and oxygen atoms in total. The van der Waals surface area contributed by atoms with Gasteiger partial charge in [0.25, 0.3) is 0 Å². The Morgan fingerprint density at radius 1 is 1.35 bits per heavy atom. The van der Waals surface area contributed by atoms with Crippen LogP contribution in [-0.2, 0) is 25.8 Å². The molecule has 1 aromatic carbocycles. The van der Waals surface area contributed by atoms with Crippen LogP contribution in [0.2, 0.25) is 0 Å². The number of hydrogen-bond acceptors (Lipinski definition) is 6. The Balaban J connectivity index is 2.19. The van der Waals surface area contributed by atoms with Crippen molar-refractivity contribution in [1.82, 2.24) is 0 Å². The number of phenolic OH excluding ortho intramolecular Hbond substituents is 1. The quantitative estimate of drug-likeness (QED) is 0.810. The molecule has 0 aromatic heterocycles. The molecule has 1 N–H and O–H groups in total. The van der Waals surface area contributed by atoms with Crippen LogP contribution in [0.25, 0.3) is 0 Å². The fraction of sp³-hybridized carbons (Fsp3) is 0.462. The molecule has 1 fully saturated rings. The largest absolute Gasteiger partial charge is 0.506 e. The Labute approximate surface area is 117 Å². The lowest BCUT2D eigenvalue weighted by Gasteiger charge is -2.29. The zero-order valence-corrected chi connectivity index (χ0v) is 12.0. The number of methoxy groups -OCH3 is 1. The zero-order valence-electron chi connectivity index (χ0n) is 11.2. The molecule has 0 aliphatic carbocycles. The van der Waals surface area contributed by atoms with Crippen LogP contribution in [0, 0.1) is 0 Å². The van der Waals surface area contributed by atoms with E-state index >= 15 is 0 Å². The van der Waals surface area contributed by atoms with Crippen molar-refractivity contribution in [3.05, 3.63) is 23.8 Å². The summed E-state index contributed by atoms with van der Waals surface area (Å²) in [7, 11) is -1.65. The van der Waals surface area contributed by atoms with E-state index in [0.29, 0.717) is 18.8 Å². The molecular weight excluding hydrogens is 282 g/mol. The minimum atomic E-state index is -2.97. The lowest BCUT2D eigenvalue weighted by atomic mass is 10.1. The highest BCUT2D eigenvalue weighted by atomic mass is 32.2. The number of hydrogen-bond donors (Lipinski definition) is 1. The molecule has 2 rings (SSSR count). The predicted octanol–water partition coefficient (Wildman–Crippen LogP) is 0.342. The topological polar surface area (TPSA) is 83.9 Å². The zero-order chi connectivity index (χ0) is 14.8. The number of carbonyl (C=O) groups excluding carboxylic acids is 1. The highest BCUT2D eigenvalue weighted by Gasteiger charge is 2.23. The summed E-state index contributed by atoms with van der Waals surface area (Å²) in [6, 6.07) is 4.86. The van der Waals surface area contributed by atoms with E-state index in [1.807, 2.05) is 4.90 Å². The van der Waals surface area contributed by atoms with Crippen LogP contribution in [0.3, 0.4) is 0 Å². The van der Waals surface area contributed by atoms with E-state index in [2.05, 4.69) is 4.74 Å². The van der Waals surface area contributed by atoms with Crippen LogP contribution >= 0.6 is 0 Å². The van der Waals surface area contributed by atoms with Gasteiger partial charge in [0.15, 0.2) is 9.84 Å². The first-order chi connectivity index (χ1) is 9.41. The molecule has 1 aliphatic heterocycles. The molecule has 1 aliphatic rings. The van der Waals surface area contributed by atoms with Crippen LogP contribution in [0.4, 0.5) is 5.69 Å². The molecule has 1 heterocycles. The standard InChI is InChI=1S/C13H17NO5S/c1-19-13(16)9-10-2-3-12(15)11(8-10)14-4-6-20(17,18)7-5-14/h2-3,8,15H,4-7,9H2,1H3. The Bertz CT molecular complexity index is 597. The van der Waals surface area contributed by atoms with Gasteiger partial charge in [-0.2, -0.15) is 0 Å². The van der Waals surface area contributed by atoms with Gasteiger partial charge in [-0.15, -0.1) is 0 Å². The SMILES string of the molecule is COC(=O)Cc1ccc(O)c(N2CCS(=O)(=O)CC2)c1. The summed E-state index contributed by atoms with van der Waals surface area (Å²) in [5.41, 5.74) is 1.28. The van der Waals surface area contributed by atoms with E-state index in [0.717, 1.165) is 5.56 Å². The third kappa shape index (κ3) is 3.41. The summed E-state index contributed by atoms with van der Waals surface area (Å²) in [4.78, 5) is 13.1. The molecule has 1 aromatic rings. The van der Waals surface area contributed by atoms with Gasteiger partial charge in [0.05, 0.1) is 30.7 Å². The molecule has 0 radical (unpaired) electrons. The van der Waals surface area contributed by atoms with E-state index in [9.17, 15) is 18.3 Å². The van der Waals surface area contributed by atoms with Crippen molar-refractivity contribution in [2.45, 2.75) is 6.42 Å². The fourth-order valence-corrected chi connectivity index (χ4v) is 3.33. The van der Waals surface area contributed by atoms with Crippen molar-refractivity contribution in [2.24, 2.45) is 0 Å². The number of esters is 1. The first-order valence-electron chi connectivity index (χ1n) is 6.25. The Hall–Kier alpha value is -1.76. The summed E-state index contributed by atoms with van der Waals surface area (Å²) < 4.78 is 27.4. The van der Waals surface area contributed by atoms with E-state index in [1.54, 1.807) is 12.1 Å². The molecule has 1 saturated heterocycles. The summed E-state index contributed by atoms with van der Waals surface area (Å²) >= 11 is 0. The van der Waals surface area contributed by atoms with Gasteiger partial charge >= 0.3 is 5.97 Å². The number of aromatic hydroxyl groups is 1. The highest BCUT2D eigenvalue weighted by Crippen LogP contribution is 2.29. The molecule has 0 amide bonds. The van der Waals surface area contributed by atoms with Crippen molar-refractivity contribution in [3.8, 4) is 5.75 Å². The van der Waals surface area contributed by atoms with Crippen molar-refractivity contribution in [2.75, 3.05) is 36.6 Å². The van der Waals surface area contributed by atoms with Gasteiger partial charge in [-0.1, -0.05) is 6.07 Å². The van der Waals surface area contributed by atoms with E-state index < -0.39 is 9.84 Å². The maximum atomic E-state index is 11.4. The molecule has 0 saturated carbocycles. The molecule has 0 atom stereocenters. The van der Waals surface area contributed by atoms with Crippen LogP contribution in [0.15, 0.2) is 18.2 Å². The van der Waals surface area contributed by atoms with Crippen molar-refractivity contribution in [1.29, 1.82) is 0 Å². The fourth-order valence-electron chi connectivity index (χ4n) is 2.12. The van der Waals surface area contributed by atoms with Gasteiger partial charge < -0.3 is 14.7 Å². The number of ether oxygens (including phenoxy) is 1. The lowest BCUT2D eigenvalue weighted by Crippen LogP contribution is -2.40. The first kappa shape index (κ1) is 14.6. The number of benzene rings is 1. The highest BCUT2D eigenvalue weighted by molar-refractivity contribution is 7.91. The third-order valence-corrected chi connectivity index (χ3v) is 4.91. The number of carbonyl (C=O) groups is 1. The van der Waals surface area contributed by atoms with Crippen molar-refractivity contribution in [3.63, 3.8) is 0 Å². The van der Waals surface area contributed by atoms with Crippen molar-refractivity contribution < 1.29 is 23.1 Å². The van der Waals surface area contributed by atoms with Crippen LogP contribution in [0.5, 0.6) is 5.75 Å². The Kier molecular flexibility index (Phi) is 4.17. The maximum absolute atomic E-state index is 11.4. The molecule has 0 unspecified atom stereocenters. The predicted molar refractivity (Wildman–Crippen MR) is 74.7 cm³/mol. The van der Waals surface area contributed by atoms with Crippen molar-refractivity contribution >= 4 is 21.5 Å². The minimum absolute atomic E-state index is 0.0771. The maximum Gasteiger partial charge on any atom is 0.309 e. The van der Waals surface area contributed by atoms with Gasteiger partial charge in [0, 0.05) is 13.1 Å². The molecule has 110 valence electrons. The summed E-state index contributed by atoms with van der Waals surface area (Å²) in [6.07, 6.45) is 0.121.